The standard InChI is InChI=1S/C43H58N2O13/c1-19-12-11-13-20(2)42(54)44-27-18-28(45-16-14-29(48)34(45)25(7)46)31-32(38(27)52)37(51)24(6)40-33(31)41(53)43(9,58-40)56-17-15-30(55-10)21(3)39(57-26(8)47)23(5)36(50)22(4)35(19)49/h11-13,15,17-19,21-23,25,29-30,34-36,39,46,48-52H,14,16H2,1-10H3,(H,44,54)/b12-11-,17-15-,20-13-/t19-,21+,22+,23+,25?,29?,30-,34?,35-,36+,39+,43-/m0/s1. The Morgan fingerprint density at radius 1 is 1.00 bits per heavy atom. The number of fused-ring (bicyclic) bond motifs is 14. The summed E-state index contributed by atoms with van der Waals surface area (Å²) in [5.74, 6) is -7.35. The first-order valence-electron chi connectivity index (χ1n) is 19.6. The van der Waals surface area contributed by atoms with Gasteiger partial charge in [-0.1, -0.05) is 45.9 Å². The van der Waals surface area contributed by atoms with Gasteiger partial charge in [-0.25, -0.2) is 0 Å². The first-order chi connectivity index (χ1) is 27.2. The van der Waals surface area contributed by atoms with Gasteiger partial charge >= 0.3 is 11.8 Å². The molecular weight excluding hydrogens is 752 g/mol. The van der Waals surface area contributed by atoms with Crippen molar-refractivity contribution in [3.8, 4) is 17.2 Å². The van der Waals surface area contributed by atoms with E-state index in [1.165, 1.54) is 59.3 Å². The van der Waals surface area contributed by atoms with Gasteiger partial charge in [0.15, 0.2) is 5.75 Å². The molecule has 7 N–H and O–H groups in total. The smallest absolute Gasteiger partial charge is 0.312 e. The Morgan fingerprint density at radius 3 is 2.29 bits per heavy atom. The molecule has 0 saturated carbocycles. The van der Waals surface area contributed by atoms with Crippen LogP contribution in [-0.4, -0.2) is 110 Å². The van der Waals surface area contributed by atoms with Crippen LogP contribution in [0, 0.1) is 30.6 Å². The summed E-state index contributed by atoms with van der Waals surface area (Å²) < 4.78 is 23.8. The van der Waals surface area contributed by atoms with E-state index in [9.17, 15) is 45.0 Å². The molecule has 4 aliphatic heterocycles. The van der Waals surface area contributed by atoms with E-state index >= 15 is 0 Å². The molecule has 2 aromatic rings. The Balaban J connectivity index is 1.73. The Hall–Kier alpha value is -4.67. The molecule has 12 atom stereocenters. The molecule has 15 heteroatoms. The minimum Gasteiger partial charge on any atom is -0.507 e. The molecule has 4 aliphatic rings. The lowest BCUT2D eigenvalue weighted by molar-refractivity contribution is -0.160. The summed E-state index contributed by atoms with van der Waals surface area (Å²) in [6.07, 6.45) is 1.89. The van der Waals surface area contributed by atoms with Crippen molar-refractivity contribution in [1.29, 1.82) is 0 Å². The quantitative estimate of drug-likeness (QED) is 0.168. The summed E-state index contributed by atoms with van der Waals surface area (Å²) in [6.45, 7) is 14.4. The van der Waals surface area contributed by atoms with Crippen molar-refractivity contribution in [3.05, 3.63) is 53.3 Å². The molecule has 0 radical (unpaired) electrons. The fourth-order valence-corrected chi connectivity index (χ4v) is 8.54. The molecule has 0 aromatic heterocycles. The third kappa shape index (κ3) is 8.15. The van der Waals surface area contributed by atoms with Crippen LogP contribution in [0.25, 0.3) is 10.8 Å². The number of phenolic OH excluding ortho intramolecular Hbond substituents is 2. The number of nitrogens with one attached hydrogen (secondary N) is 1. The number of phenols is 2. The van der Waals surface area contributed by atoms with Crippen LogP contribution in [0.15, 0.2) is 42.2 Å². The minimum atomic E-state index is -2.01. The molecule has 1 fully saturated rings. The number of aliphatic hydroxyl groups is 4. The van der Waals surface area contributed by atoms with Crippen LogP contribution < -0.4 is 15.0 Å². The van der Waals surface area contributed by atoms with Gasteiger partial charge in [0.1, 0.15) is 17.6 Å². The van der Waals surface area contributed by atoms with Gasteiger partial charge in [0.2, 0.25) is 0 Å². The minimum absolute atomic E-state index is 0.0207. The summed E-state index contributed by atoms with van der Waals surface area (Å²) in [5, 5.41) is 70.7. The van der Waals surface area contributed by atoms with Gasteiger partial charge in [-0.2, -0.15) is 0 Å². The topological polar surface area (TPSA) is 225 Å². The largest absolute Gasteiger partial charge is 0.507 e. The molecule has 5 bridgehead atoms. The molecule has 318 valence electrons. The number of ether oxygens (including phenoxy) is 4. The van der Waals surface area contributed by atoms with E-state index in [2.05, 4.69) is 5.32 Å². The maximum Gasteiger partial charge on any atom is 0.312 e. The van der Waals surface area contributed by atoms with Gasteiger partial charge < -0.3 is 59.8 Å². The number of allylic oxidation sites excluding steroid dienone is 2. The number of hydrogen-bond acceptors (Lipinski definition) is 14. The van der Waals surface area contributed by atoms with Crippen LogP contribution in [0.4, 0.5) is 11.4 Å². The number of esters is 1. The molecular formula is C43H58N2O13. The van der Waals surface area contributed by atoms with Crippen molar-refractivity contribution < 1.29 is 64.0 Å². The fraction of sp³-hybridized carbons (Fsp3) is 0.558. The maximum absolute atomic E-state index is 14.6. The number of amides is 1. The van der Waals surface area contributed by atoms with E-state index in [-0.39, 0.29) is 57.6 Å². The highest BCUT2D eigenvalue weighted by Gasteiger charge is 2.50. The van der Waals surface area contributed by atoms with Crippen LogP contribution in [0.3, 0.4) is 0 Å². The monoisotopic (exact) mass is 810 g/mol. The SMILES string of the molecule is CO[C@H]1/C=C\O[C@@]2(C)Oc3c(C)c(O)c4c(O)c(cc(N5CCC(O)C5C(C)O)c4c3C2=O)NC(=O)/C(C)=C\C=C/[C@H](C)[C@H](O)[C@@H](C)[C@@H](O)[C@@H](C)[C@H](OC(C)=O)[C@@H]1C. The second-order valence-electron chi connectivity index (χ2n) is 16.2. The van der Waals surface area contributed by atoms with Crippen molar-refractivity contribution in [1.82, 2.24) is 0 Å². The fourth-order valence-electron chi connectivity index (χ4n) is 8.54. The number of aliphatic hydroxyl groups excluding tert-OH is 4. The van der Waals surface area contributed by atoms with Crippen LogP contribution in [0.1, 0.15) is 77.7 Å². The number of nitrogens with zero attached hydrogens (tertiary/aromatic N) is 1. The summed E-state index contributed by atoms with van der Waals surface area (Å²) in [5.41, 5.74) is 0.384. The van der Waals surface area contributed by atoms with Gasteiger partial charge in [-0.3, -0.25) is 14.4 Å². The average Bonchev–Trinajstić information content (AvgIpc) is 3.69. The van der Waals surface area contributed by atoms with E-state index in [0.29, 0.717) is 0 Å². The lowest BCUT2D eigenvalue weighted by atomic mass is 9.78. The van der Waals surface area contributed by atoms with Crippen LogP contribution in [0.2, 0.25) is 0 Å². The number of anilines is 2. The Morgan fingerprint density at radius 2 is 1.67 bits per heavy atom. The van der Waals surface area contributed by atoms with Crippen LogP contribution in [0.5, 0.6) is 17.2 Å². The molecule has 58 heavy (non-hydrogen) atoms. The van der Waals surface area contributed by atoms with Crippen LogP contribution >= 0.6 is 0 Å². The number of hydrogen-bond donors (Lipinski definition) is 7. The molecule has 2 aromatic carbocycles. The van der Waals surface area contributed by atoms with E-state index in [4.69, 9.17) is 18.9 Å². The number of methoxy groups -OCH3 is 1. The number of carbonyl (C=O) groups is 3. The van der Waals surface area contributed by atoms with E-state index in [1.54, 1.807) is 51.7 Å². The third-order valence-corrected chi connectivity index (χ3v) is 12.1. The van der Waals surface area contributed by atoms with Crippen LogP contribution in [-0.2, 0) is 23.8 Å². The van der Waals surface area contributed by atoms with Gasteiger partial charge in [-0.05, 0) is 39.3 Å². The zero-order valence-electron chi connectivity index (χ0n) is 34.7. The normalized spacial score (nSPS) is 34.9. The third-order valence-electron chi connectivity index (χ3n) is 12.1. The van der Waals surface area contributed by atoms with Gasteiger partial charge in [-0.15, -0.1) is 0 Å². The summed E-state index contributed by atoms with van der Waals surface area (Å²) in [4.78, 5) is 42.3. The number of carbonyl (C=O) groups excluding carboxylic acids is 3. The molecule has 1 saturated heterocycles. The highest BCUT2D eigenvalue weighted by molar-refractivity contribution is 6.23. The average molecular weight is 811 g/mol. The predicted octanol–water partition coefficient (Wildman–Crippen LogP) is 4.37. The van der Waals surface area contributed by atoms with Gasteiger partial charge in [0.25, 0.3) is 11.7 Å². The highest BCUT2D eigenvalue weighted by Crippen LogP contribution is 2.54. The van der Waals surface area contributed by atoms with Crippen molar-refractivity contribution in [2.24, 2.45) is 23.7 Å². The first kappa shape index (κ1) is 44.4. The van der Waals surface area contributed by atoms with Crippen molar-refractivity contribution in [3.63, 3.8) is 0 Å². The highest BCUT2D eigenvalue weighted by atomic mass is 16.7. The lowest BCUT2D eigenvalue weighted by Crippen LogP contribution is -2.46. The zero-order valence-corrected chi connectivity index (χ0v) is 34.7. The summed E-state index contributed by atoms with van der Waals surface area (Å²) in [7, 11) is 1.44. The number of aromatic hydroxyl groups is 2. The Kier molecular flexibility index (Phi) is 13.2. The van der Waals surface area contributed by atoms with Gasteiger partial charge in [0.05, 0.1) is 59.5 Å². The van der Waals surface area contributed by atoms with Crippen molar-refractivity contribution in [2.45, 2.75) is 117 Å². The zero-order chi connectivity index (χ0) is 43.1. The second kappa shape index (κ2) is 17.3. The predicted molar refractivity (Wildman–Crippen MR) is 216 cm³/mol. The molecule has 3 unspecified atom stereocenters. The summed E-state index contributed by atoms with van der Waals surface area (Å²) in [6, 6.07) is 0.573. The van der Waals surface area contributed by atoms with E-state index < -0.39 is 101 Å². The molecule has 15 nitrogen and oxygen atoms in total. The van der Waals surface area contributed by atoms with E-state index in [0.717, 1.165) is 0 Å². The van der Waals surface area contributed by atoms with Gasteiger partial charge in [0, 0.05) is 73.4 Å². The van der Waals surface area contributed by atoms with Crippen molar-refractivity contribution in [2.75, 3.05) is 23.9 Å². The number of Topliss-reactive ketones (excluding diaryl/α,β-unsaturated/α-hetero) is 1. The molecule has 1 amide bonds. The van der Waals surface area contributed by atoms with E-state index in [1.807, 2.05) is 0 Å². The molecule has 4 heterocycles. The van der Waals surface area contributed by atoms with Crippen molar-refractivity contribution >= 4 is 39.8 Å². The Labute approximate surface area is 338 Å². The number of ketones is 1. The maximum atomic E-state index is 14.6. The molecule has 6 rings (SSSR count). The number of benzene rings is 2. The first-order valence-corrected chi connectivity index (χ1v) is 19.6. The lowest BCUT2D eigenvalue weighted by Gasteiger charge is -2.38. The second-order valence-corrected chi connectivity index (χ2v) is 16.2. The summed E-state index contributed by atoms with van der Waals surface area (Å²) >= 11 is 0. The molecule has 0 spiro atoms. The number of rotatable bonds is 4. The Bertz CT molecular complexity index is 2010. The molecule has 0 aliphatic carbocycles.